The van der Waals surface area contributed by atoms with Crippen LogP contribution in [0.25, 0.3) is 0 Å². The van der Waals surface area contributed by atoms with Crippen molar-refractivity contribution in [1.82, 2.24) is 4.90 Å². The van der Waals surface area contributed by atoms with Crippen molar-refractivity contribution < 1.29 is 19.0 Å². The molecule has 0 bridgehead atoms. The van der Waals surface area contributed by atoms with Gasteiger partial charge >= 0.3 is 5.97 Å². The van der Waals surface area contributed by atoms with Crippen molar-refractivity contribution in [3.8, 4) is 0 Å². The number of methoxy groups -OCH3 is 1. The number of nitrogens with zero attached hydrogens (tertiary/aromatic N) is 1. The van der Waals surface area contributed by atoms with E-state index in [2.05, 4.69) is 9.64 Å². The Morgan fingerprint density at radius 2 is 2.40 bits per heavy atom. The molecule has 15 heavy (non-hydrogen) atoms. The van der Waals surface area contributed by atoms with E-state index in [0.717, 1.165) is 19.6 Å². The molecular weight excluding hydrogens is 198 g/mol. The van der Waals surface area contributed by atoms with Gasteiger partial charge in [0.25, 0.3) is 0 Å². The summed E-state index contributed by atoms with van der Waals surface area (Å²) < 4.78 is 15.1. The molecule has 1 fully saturated rings. The van der Waals surface area contributed by atoms with Crippen LogP contribution in [-0.4, -0.2) is 57.6 Å². The summed E-state index contributed by atoms with van der Waals surface area (Å²) in [6.45, 7) is 2.68. The molecule has 1 aliphatic heterocycles. The number of hydrogen-bond acceptors (Lipinski definition) is 5. The molecule has 0 aromatic rings. The highest BCUT2D eigenvalue weighted by Crippen LogP contribution is 2.07. The Balaban J connectivity index is 2.11. The van der Waals surface area contributed by atoms with Crippen LogP contribution >= 0.6 is 0 Å². The molecule has 0 spiro atoms. The average Bonchev–Trinajstić information content (AvgIpc) is 2.27. The third-order valence-electron chi connectivity index (χ3n) is 2.41. The van der Waals surface area contributed by atoms with E-state index in [1.54, 1.807) is 0 Å². The van der Waals surface area contributed by atoms with E-state index in [0.29, 0.717) is 19.8 Å². The number of carbonyl (C=O) groups excluding carboxylic acids is 1. The molecule has 0 aromatic carbocycles. The predicted octanol–water partition coefficient (Wildman–Crippen LogP) is 0.244. The van der Waals surface area contributed by atoms with E-state index in [4.69, 9.17) is 9.47 Å². The molecule has 1 saturated heterocycles. The second-order valence-electron chi connectivity index (χ2n) is 3.69. The van der Waals surface area contributed by atoms with Crippen LogP contribution in [0.15, 0.2) is 0 Å². The molecule has 1 atom stereocenters. The van der Waals surface area contributed by atoms with Crippen molar-refractivity contribution in [1.29, 1.82) is 0 Å². The molecule has 88 valence electrons. The average molecular weight is 217 g/mol. The minimum Gasteiger partial charge on any atom is -0.469 e. The second kappa shape index (κ2) is 6.76. The third kappa shape index (κ3) is 5.11. The Hall–Kier alpha value is -0.650. The molecule has 5 heteroatoms. The lowest BCUT2D eigenvalue weighted by Gasteiger charge is -2.27. The quantitative estimate of drug-likeness (QED) is 0.618. The largest absolute Gasteiger partial charge is 0.469 e. The van der Waals surface area contributed by atoms with Gasteiger partial charge in [-0.05, 0) is 13.5 Å². The van der Waals surface area contributed by atoms with Crippen LogP contribution in [0, 0.1) is 0 Å². The smallest absolute Gasteiger partial charge is 0.306 e. The molecule has 0 saturated carbocycles. The van der Waals surface area contributed by atoms with Crippen molar-refractivity contribution in [2.75, 3.05) is 40.6 Å². The molecule has 1 heterocycles. The van der Waals surface area contributed by atoms with Gasteiger partial charge in [-0.15, -0.1) is 0 Å². The lowest BCUT2D eigenvalue weighted by atomic mass is 10.2. The summed E-state index contributed by atoms with van der Waals surface area (Å²) in [5, 5.41) is 0. The number of ether oxygens (including phenoxy) is 3. The maximum Gasteiger partial charge on any atom is 0.306 e. The van der Waals surface area contributed by atoms with E-state index in [9.17, 15) is 4.79 Å². The molecule has 1 unspecified atom stereocenters. The molecule has 0 amide bonds. The van der Waals surface area contributed by atoms with Gasteiger partial charge in [-0.3, -0.25) is 4.79 Å². The van der Waals surface area contributed by atoms with Crippen molar-refractivity contribution in [3.05, 3.63) is 0 Å². The molecule has 0 radical (unpaired) electrons. The highest BCUT2D eigenvalue weighted by atomic mass is 16.7. The Labute approximate surface area is 90.3 Å². The van der Waals surface area contributed by atoms with Crippen LogP contribution in [0.1, 0.15) is 12.8 Å². The molecule has 0 aliphatic carbocycles. The first-order chi connectivity index (χ1) is 7.22. The van der Waals surface area contributed by atoms with E-state index < -0.39 is 0 Å². The Kier molecular flexibility index (Phi) is 5.60. The zero-order chi connectivity index (χ0) is 11.1. The van der Waals surface area contributed by atoms with Crippen LogP contribution < -0.4 is 0 Å². The number of rotatable bonds is 5. The summed E-state index contributed by atoms with van der Waals surface area (Å²) in [5.74, 6) is -0.172. The van der Waals surface area contributed by atoms with Crippen LogP contribution in [0.4, 0.5) is 0 Å². The Morgan fingerprint density at radius 3 is 3.00 bits per heavy atom. The first kappa shape index (κ1) is 12.4. The van der Waals surface area contributed by atoms with Gasteiger partial charge in [-0.2, -0.15) is 0 Å². The van der Waals surface area contributed by atoms with Gasteiger partial charge in [-0.25, -0.2) is 0 Å². The van der Waals surface area contributed by atoms with Gasteiger partial charge in [0.1, 0.15) is 6.79 Å². The standard InChI is InChI=1S/C10H19NO4/c1-11(5-3-10(12)13-2)7-9-4-6-14-8-15-9/h9H,3-8H2,1-2H3. The minimum absolute atomic E-state index is 0.172. The van der Waals surface area contributed by atoms with Gasteiger partial charge in [0.2, 0.25) is 0 Å². The van der Waals surface area contributed by atoms with Crippen molar-refractivity contribution in [3.63, 3.8) is 0 Å². The van der Waals surface area contributed by atoms with Crippen molar-refractivity contribution in [2.45, 2.75) is 18.9 Å². The lowest BCUT2D eigenvalue weighted by Crippen LogP contribution is -2.36. The number of esters is 1. The Morgan fingerprint density at radius 1 is 1.60 bits per heavy atom. The summed E-state index contributed by atoms with van der Waals surface area (Å²) in [6.07, 6.45) is 1.57. The van der Waals surface area contributed by atoms with E-state index in [1.165, 1.54) is 7.11 Å². The van der Waals surface area contributed by atoms with E-state index in [-0.39, 0.29) is 12.1 Å². The molecule has 1 rings (SSSR count). The van der Waals surface area contributed by atoms with Crippen LogP contribution in [-0.2, 0) is 19.0 Å². The Bertz CT molecular complexity index is 192. The minimum atomic E-state index is -0.172. The van der Waals surface area contributed by atoms with Gasteiger partial charge in [0.15, 0.2) is 0 Å². The van der Waals surface area contributed by atoms with Gasteiger partial charge in [0, 0.05) is 13.1 Å². The monoisotopic (exact) mass is 217 g/mol. The maximum absolute atomic E-state index is 10.9. The van der Waals surface area contributed by atoms with E-state index >= 15 is 0 Å². The predicted molar refractivity (Wildman–Crippen MR) is 54.4 cm³/mol. The second-order valence-corrected chi connectivity index (χ2v) is 3.69. The first-order valence-electron chi connectivity index (χ1n) is 5.17. The first-order valence-corrected chi connectivity index (χ1v) is 5.17. The summed E-state index contributed by atoms with van der Waals surface area (Å²) >= 11 is 0. The molecule has 1 aliphatic rings. The summed E-state index contributed by atoms with van der Waals surface area (Å²) in [7, 11) is 3.38. The van der Waals surface area contributed by atoms with Gasteiger partial charge in [-0.1, -0.05) is 0 Å². The lowest BCUT2D eigenvalue weighted by molar-refractivity contribution is -0.146. The van der Waals surface area contributed by atoms with Crippen LogP contribution in [0.5, 0.6) is 0 Å². The fraction of sp³-hybridized carbons (Fsp3) is 0.900. The van der Waals surface area contributed by atoms with E-state index in [1.807, 2.05) is 7.05 Å². The SMILES string of the molecule is COC(=O)CCN(C)CC1CCOCO1. The van der Waals surface area contributed by atoms with Gasteiger partial charge in [0.05, 0.1) is 26.2 Å². The van der Waals surface area contributed by atoms with Crippen molar-refractivity contribution in [2.24, 2.45) is 0 Å². The summed E-state index contributed by atoms with van der Waals surface area (Å²) in [6, 6.07) is 0. The van der Waals surface area contributed by atoms with Crippen molar-refractivity contribution >= 4 is 5.97 Å². The topological polar surface area (TPSA) is 48.0 Å². The highest BCUT2D eigenvalue weighted by Gasteiger charge is 2.16. The molecular formula is C10H19NO4. The van der Waals surface area contributed by atoms with Crippen LogP contribution in [0.3, 0.4) is 0 Å². The molecule has 5 nitrogen and oxygen atoms in total. The fourth-order valence-electron chi connectivity index (χ4n) is 1.47. The zero-order valence-electron chi connectivity index (χ0n) is 9.40. The fourth-order valence-corrected chi connectivity index (χ4v) is 1.47. The maximum atomic E-state index is 10.9. The third-order valence-corrected chi connectivity index (χ3v) is 2.41. The number of carbonyl (C=O) groups is 1. The zero-order valence-corrected chi connectivity index (χ0v) is 9.40. The highest BCUT2D eigenvalue weighted by molar-refractivity contribution is 5.69. The van der Waals surface area contributed by atoms with Crippen LogP contribution in [0.2, 0.25) is 0 Å². The summed E-state index contributed by atoms with van der Waals surface area (Å²) in [4.78, 5) is 13.0. The van der Waals surface area contributed by atoms with Gasteiger partial charge < -0.3 is 19.1 Å². The molecule has 0 aromatic heterocycles. The molecule has 0 N–H and O–H groups in total. The number of likely N-dealkylation sites (N-methyl/N-ethyl adjacent to an activating group) is 1. The summed E-state index contributed by atoms with van der Waals surface area (Å²) in [5.41, 5.74) is 0. The normalized spacial score (nSPS) is 21.7. The number of hydrogen-bond donors (Lipinski definition) is 0.